The normalized spacial score (nSPS) is 11.3. The van der Waals surface area contributed by atoms with Crippen molar-refractivity contribution in [3.8, 4) is 0 Å². The second-order valence-corrected chi connectivity index (χ2v) is 39.9. The molecule has 123 heavy (non-hydrogen) atoms. The Labute approximate surface area is 827 Å². The average Bonchev–Trinajstić information content (AvgIpc) is 0.819. The summed E-state index contributed by atoms with van der Waals surface area (Å²) >= 11 is 0. The molecule has 0 aliphatic carbocycles. The molecule has 12 rings (SSSR count). The Kier molecular flexibility index (Phi) is 149. The monoisotopic (exact) mass is 2020 g/mol. The van der Waals surface area contributed by atoms with Gasteiger partial charge in [-0.25, -0.2) is 0 Å². The summed E-state index contributed by atoms with van der Waals surface area (Å²) in [4.78, 5) is 69.9. The van der Waals surface area contributed by atoms with Crippen molar-refractivity contribution in [2.45, 2.75) is 161 Å². The molecule has 8 atom stereocenters. The Bertz CT molecular complexity index is 2780. The number of hydrogen-bond donors (Lipinski definition) is 2. The Morgan fingerprint density at radius 1 is 0.431 bits per heavy atom. The molecule has 31 heteroatoms. The third-order valence-corrected chi connectivity index (χ3v) is 14.0. The number of methoxy groups -OCH3 is 2. The van der Waals surface area contributed by atoms with E-state index in [0.717, 1.165) is 99.5 Å². The van der Waals surface area contributed by atoms with Gasteiger partial charge in [0.05, 0.1) is 14.2 Å². The van der Waals surface area contributed by atoms with Gasteiger partial charge in [-0.2, -0.15) is 22.7 Å². The van der Waals surface area contributed by atoms with E-state index in [4.69, 9.17) is 9.90 Å². The molecule has 0 bridgehead atoms. The number of likely N-dealkylation sites (tertiary alicyclic amines) is 1. The van der Waals surface area contributed by atoms with Crippen LogP contribution in [-0.2, 0) is 123 Å². The van der Waals surface area contributed by atoms with Gasteiger partial charge in [-0.3, -0.25) is 29.0 Å². The molecule has 4 saturated heterocycles. The van der Waals surface area contributed by atoms with E-state index in [2.05, 4.69) is 236 Å². The van der Waals surface area contributed by atoms with Gasteiger partial charge >= 0.3 is 11.9 Å². The first kappa shape index (κ1) is 146. The number of hydrogen-bond acceptors (Lipinski definition) is 11. The number of benzene rings is 8. The Morgan fingerprint density at radius 3 is 0.707 bits per heavy atom. The molecule has 678 valence electrons. The summed E-state index contributed by atoms with van der Waals surface area (Å²) in [6.45, 7) is 39.4. The number of rotatable bonds is 10. The molecule has 8 aromatic rings. The third-order valence-electron chi connectivity index (χ3n) is 14.0. The molecule has 4 fully saturated rings. The van der Waals surface area contributed by atoms with Gasteiger partial charge in [-0.1, -0.05) is 383 Å². The van der Waals surface area contributed by atoms with Crippen molar-refractivity contribution >= 4 is 154 Å². The van der Waals surface area contributed by atoms with Crippen LogP contribution in [0.3, 0.4) is 0 Å². The maximum absolute atomic E-state index is 11.0. The van der Waals surface area contributed by atoms with Crippen LogP contribution in [0.1, 0.15) is 146 Å². The number of carbonyl (C=O) groups excluding carboxylic acids is 5. The van der Waals surface area contributed by atoms with Crippen molar-refractivity contribution < 1.29 is 109 Å². The predicted molar refractivity (Wildman–Crippen MR) is 570 cm³/mol. The molecule has 8 aromatic carbocycles. The second-order valence-electron chi connectivity index (χ2n) is 23.9. The molecular formula is C92H156B4N6O9P10Y2-2. The number of esters is 2. The minimum Gasteiger partial charge on any atom is -0.520 e. The SMILES string of the molecule is CC.CC.CC.CC(=O)N1CC(N2CCN([C-]=O)CC2)C1.CC(=O)O.CCC.CCCc1ccccc1.CCCc1ccccc1.CCCc1ccccc1.COC(C)=O.COC(C)=O.O=[C-]N1CCN(C2CNC2)CC1.P.PP.PP(P)P.PPP.[B]B([B])[B].[Y].[Y].c1ccccc1.c1ccccc1.c1ccccc1.c1ccccc1.c1ccccc1. The summed E-state index contributed by atoms with van der Waals surface area (Å²) < 4.78 is 8.22. The van der Waals surface area contributed by atoms with Crippen LogP contribution in [-0.4, -0.2) is 201 Å². The van der Waals surface area contributed by atoms with E-state index in [1.807, 2.05) is 241 Å². The first-order chi connectivity index (χ1) is 58.0. The zero-order valence-corrected chi connectivity index (χ0v) is 94.7. The maximum Gasteiger partial charge on any atom is 0.302 e. The summed E-state index contributed by atoms with van der Waals surface area (Å²) in [7, 11) is 35.4. The van der Waals surface area contributed by atoms with Crippen LogP contribution in [0.5, 0.6) is 0 Å². The van der Waals surface area contributed by atoms with Crippen molar-refractivity contribution in [3.63, 3.8) is 0 Å². The minimum atomic E-state index is -0.833. The van der Waals surface area contributed by atoms with Crippen molar-refractivity contribution in [1.82, 2.24) is 29.8 Å². The topological polar surface area (TPSA) is 169 Å². The molecule has 8 unspecified atom stereocenters. The zero-order chi connectivity index (χ0) is 92.7. The molecule has 0 aromatic heterocycles. The van der Waals surface area contributed by atoms with E-state index in [-0.39, 0.29) is 100 Å². The molecule has 8 radical (unpaired) electrons. The van der Waals surface area contributed by atoms with E-state index in [9.17, 15) is 24.0 Å². The number of carboxylic acid groups (broad SMARTS) is 1. The molecule has 0 spiro atoms. The molecular weight excluding hydrogens is 1860 g/mol. The largest absolute Gasteiger partial charge is 0.520 e. The Hall–Kier alpha value is -2.77. The van der Waals surface area contributed by atoms with Crippen molar-refractivity contribution in [2.75, 3.05) is 92.8 Å². The predicted octanol–water partition coefficient (Wildman–Crippen LogP) is 21.1. The molecule has 0 saturated carbocycles. The summed E-state index contributed by atoms with van der Waals surface area (Å²) in [5.74, 6) is -1.17. The molecule has 15 nitrogen and oxygen atoms in total. The van der Waals surface area contributed by atoms with Crippen LogP contribution in [0.4, 0.5) is 0 Å². The Balaban J connectivity index is -0.000000107. The van der Waals surface area contributed by atoms with Crippen LogP contribution in [0.15, 0.2) is 273 Å². The van der Waals surface area contributed by atoms with Gasteiger partial charge in [0.25, 0.3) is 5.97 Å². The van der Waals surface area contributed by atoms with Crippen LogP contribution < -0.4 is 5.32 Å². The molecule has 3 amide bonds. The smallest absolute Gasteiger partial charge is 0.302 e. The molecule has 4 aliphatic rings. The number of carboxylic acids is 1. The van der Waals surface area contributed by atoms with E-state index >= 15 is 0 Å². The van der Waals surface area contributed by atoms with Gasteiger partial charge in [0, 0.05) is 213 Å². The zero-order valence-electron chi connectivity index (χ0n) is 77.7. The summed E-state index contributed by atoms with van der Waals surface area (Å²) in [5.41, 5.74) is 4.33. The molecule has 4 aliphatic heterocycles. The first-order valence-corrected chi connectivity index (χ1v) is 54.4. The van der Waals surface area contributed by atoms with Crippen LogP contribution >= 0.6 is 87.3 Å². The number of piperazine rings is 2. The molecule has 2 N–H and O–H groups in total. The van der Waals surface area contributed by atoms with Crippen LogP contribution in [0.2, 0.25) is 0 Å². The quantitative estimate of drug-likeness (QED) is 0.0576. The third kappa shape index (κ3) is 126. The maximum atomic E-state index is 11.0. The van der Waals surface area contributed by atoms with Gasteiger partial charge in [0.1, 0.15) is 0 Å². The van der Waals surface area contributed by atoms with E-state index in [0.29, 0.717) is 6.04 Å². The first-order valence-electron chi connectivity index (χ1n) is 40.9. The standard InChI is InChI=1S/C10H16N3O2.3C9H12.C8H14N3O.5C6H6.2C3H6O2.C3H8.C2H4O2.3C2H6.B4.H6P4.H5P3.H4P2.H3P.2Y/c1-9(15)13-6-10(7-13)12-4-2-11(8-14)3-5-12;3*1-2-6-9-7-4-3-5-8-9;12-7-10-1-3-11(4-2-10)8-5-9-6-8;5*1-2-4-6-5-3-1;2*1-3(4)5-2;1-3-2;1-2(3)4;3*1-2;2*1-4(2)3;1-3-2;1-2;;;/h10H,2-7H2,1H3;3*3-5,7-8H,2,6H2,1H3;8-9H,1-6H2;5*1-6H;2*1-2H3;3H2,1-2H3;1H3,(H,3,4);3*1-2H3;;1-3H2;3H,1-2H2;1-2H2;1H3;;/q-1;;;;-1;;;;;;;;;;;;;;;;;;;. The van der Waals surface area contributed by atoms with Crippen molar-refractivity contribution in [1.29, 1.82) is 0 Å². The van der Waals surface area contributed by atoms with Crippen molar-refractivity contribution in [3.05, 3.63) is 290 Å². The van der Waals surface area contributed by atoms with Gasteiger partial charge < -0.3 is 44.2 Å². The number of nitrogens with one attached hydrogen (secondary N) is 1. The summed E-state index contributed by atoms with van der Waals surface area (Å²) in [6.07, 6.45) is 11.8. The van der Waals surface area contributed by atoms with Gasteiger partial charge in [0.2, 0.25) is 5.91 Å². The number of ether oxygens (including phenoxy) is 2. The van der Waals surface area contributed by atoms with Crippen LogP contribution in [0, 0.1) is 0 Å². The fraction of sp³-hybridized carbons (Fsp3) is 0.413. The fourth-order valence-corrected chi connectivity index (χ4v) is 8.56. The average molecular weight is 2020 g/mol. The van der Waals surface area contributed by atoms with Crippen LogP contribution in [0.25, 0.3) is 0 Å². The number of amides is 3. The van der Waals surface area contributed by atoms with Crippen molar-refractivity contribution in [2.24, 2.45) is 0 Å². The van der Waals surface area contributed by atoms with Gasteiger partial charge in [-0.15, -0.1) is 62.5 Å². The second kappa shape index (κ2) is 126. The van der Waals surface area contributed by atoms with Gasteiger partial charge in [-0.05, 0) is 42.9 Å². The minimum absolute atomic E-state index is 0. The number of nitrogens with zero attached hydrogens (tertiary/aromatic N) is 5. The Morgan fingerprint density at radius 2 is 0.585 bits per heavy atom. The van der Waals surface area contributed by atoms with E-state index < -0.39 is 12.4 Å². The van der Waals surface area contributed by atoms with Gasteiger partial charge in [0.15, 0.2) is 0 Å². The summed E-state index contributed by atoms with van der Waals surface area (Å²) in [5, 5.41) is 10.7. The van der Waals surface area contributed by atoms with E-state index in [1.165, 1.54) is 89.7 Å². The molecule has 4 heterocycles. The number of aryl methyl sites for hydroxylation is 3. The number of aliphatic carboxylic acids is 1. The number of carbonyl (C=O) groups is 4. The fourth-order valence-electron chi connectivity index (χ4n) is 8.56. The van der Waals surface area contributed by atoms with E-state index in [1.54, 1.807) is 16.7 Å². The summed E-state index contributed by atoms with van der Waals surface area (Å²) in [6, 6.07) is 92.9.